The van der Waals surface area contributed by atoms with E-state index >= 15 is 0 Å². The summed E-state index contributed by atoms with van der Waals surface area (Å²) in [5, 5.41) is 8.23. The molecular formula is C7H13N5O2. The molecule has 2 N–H and O–H groups in total. The molecule has 0 unspecified atom stereocenters. The zero-order valence-electron chi connectivity index (χ0n) is 7.99. The van der Waals surface area contributed by atoms with E-state index in [1.165, 1.54) is 6.92 Å². The minimum Gasteiger partial charge on any atom is -0.355 e. The molecule has 14 heavy (non-hydrogen) atoms. The van der Waals surface area contributed by atoms with Gasteiger partial charge in [0.2, 0.25) is 11.8 Å². The third kappa shape index (κ3) is 8.35. The minimum atomic E-state index is -0.249. The van der Waals surface area contributed by atoms with Crippen molar-refractivity contribution >= 4 is 11.8 Å². The average Bonchev–Trinajstić information content (AvgIpc) is 2.14. The van der Waals surface area contributed by atoms with E-state index in [1.54, 1.807) is 0 Å². The number of carbonyl (C=O) groups is 2. The third-order valence-corrected chi connectivity index (χ3v) is 1.32. The van der Waals surface area contributed by atoms with Crippen molar-refractivity contribution in [1.82, 2.24) is 10.6 Å². The van der Waals surface area contributed by atoms with Crippen LogP contribution < -0.4 is 10.6 Å². The number of nitrogens with zero attached hydrogens (tertiary/aromatic N) is 3. The van der Waals surface area contributed by atoms with Gasteiger partial charge >= 0.3 is 0 Å². The van der Waals surface area contributed by atoms with Gasteiger partial charge in [0.05, 0.1) is 6.54 Å². The molecule has 7 nitrogen and oxygen atoms in total. The number of azide groups is 1. The van der Waals surface area contributed by atoms with Crippen LogP contribution in [0.3, 0.4) is 0 Å². The highest BCUT2D eigenvalue weighted by molar-refractivity contribution is 5.83. The summed E-state index contributed by atoms with van der Waals surface area (Å²) in [7, 11) is 0. The van der Waals surface area contributed by atoms with E-state index in [1.807, 2.05) is 0 Å². The zero-order chi connectivity index (χ0) is 10.8. The molecule has 0 spiro atoms. The maximum Gasteiger partial charge on any atom is 0.239 e. The number of carbonyl (C=O) groups excluding carboxylic acids is 2. The molecule has 0 saturated heterocycles. The summed E-state index contributed by atoms with van der Waals surface area (Å²) in [5.41, 5.74) is 7.94. The van der Waals surface area contributed by atoms with Gasteiger partial charge in [-0.15, -0.1) is 0 Å². The molecule has 7 heteroatoms. The molecule has 0 aliphatic rings. The van der Waals surface area contributed by atoms with Crippen molar-refractivity contribution in [3.05, 3.63) is 10.4 Å². The number of nitrogens with one attached hydrogen (secondary N) is 2. The smallest absolute Gasteiger partial charge is 0.239 e. The van der Waals surface area contributed by atoms with Crippen LogP contribution in [0, 0.1) is 0 Å². The highest BCUT2D eigenvalue weighted by Gasteiger charge is 1.99. The van der Waals surface area contributed by atoms with E-state index < -0.39 is 0 Å². The summed E-state index contributed by atoms with van der Waals surface area (Å²) in [6.07, 6.45) is 0.593. The van der Waals surface area contributed by atoms with E-state index in [0.29, 0.717) is 19.5 Å². The topological polar surface area (TPSA) is 107 Å². The lowest BCUT2D eigenvalue weighted by Crippen LogP contribution is -2.36. The Labute approximate surface area is 81.5 Å². The highest BCUT2D eigenvalue weighted by Crippen LogP contribution is 1.79. The van der Waals surface area contributed by atoms with Crippen LogP contribution in [0.1, 0.15) is 13.3 Å². The molecular weight excluding hydrogens is 186 g/mol. The first-order valence-corrected chi connectivity index (χ1v) is 4.19. The van der Waals surface area contributed by atoms with Crippen molar-refractivity contribution < 1.29 is 9.59 Å². The molecule has 0 saturated carbocycles. The molecule has 0 aromatic heterocycles. The van der Waals surface area contributed by atoms with Gasteiger partial charge in [-0.3, -0.25) is 9.59 Å². The maximum absolute atomic E-state index is 11.0. The summed E-state index contributed by atoms with van der Waals surface area (Å²) in [5.74, 6) is -0.490. The largest absolute Gasteiger partial charge is 0.355 e. The van der Waals surface area contributed by atoms with Crippen molar-refractivity contribution in [2.45, 2.75) is 13.3 Å². The summed E-state index contributed by atoms with van der Waals surface area (Å²) in [6, 6.07) is 0. The van der Waals surface area contributed by atoms with Crippen molar-refractivity contribution in [2.24, 2.45) is 5.11 Å². The van der Waals surface area contributed by atoms with Crippen LogP contribution in [-0.2, 0) is 9.59 Å². The fourth-order valence-corrected chi connectivity index (χ4v) is 0.690. The first kappa shape index (κ1) is 12.2. The molecule has 0 bridgehead atoms. The van der Waals surface area contributed by atoms with Crippen LogP contribution in [0.4, 0.5) is 0 Å². The monoisotopic (exact) mass is 199 g/mol. The predicted octanol–water partition coefficient (Wildman–Crippen LogP) is -0.0609. The Morgan fingerprint density at radius 1 is 1.43 bits per heavy atom. The Hall–Kier alpha value is -1.75. The molecule has 0 aliphatic heterocycles. The van der Waals surface area contributed by atoms with Gasteiger partial charge in [-0.25, -0.2) is 0 Å². The first-order valence-electron chi connectivity index (χ1n) is 4.19. The third-order valence-electron chi connectivity index (χ3n) is 1.32. The Morgan fingerprint density at radius 3 is 2.71 bits per heavy atom. The Kier molecular flexibility index (Phi) is 6.89. The van der Waals surface area contributed by atoms with Crippen molar-refractivity contribution in [3.8, 4) is 0 Å². The average molecular weight is 199 g/mol. The highest BCUT2D eigenvalue weighted by atomic mass is 16.2. The lowest BCUT2D eigenvalue weighted by Gasteiger charge is -2.03. The van der Waals surface area contributed by atoms with E-state index in [2.05, 4.69) is 20.7 Å². The maximum atomic E-state index is 11.0. The molecule has 0 atom stereocenters. The first-order chi connectivity index (χ1) is 6.66. The van der Waals surface area contributed by atoms with Crippen LogP contribution in [-0.4, -0.2) is 31.4 Å². The van der Waals surface area contributed by atoms with E-state index in [4.69, 9.17) is 5.53 Å². The van der Waals surface area contributed by atoms with Gasteiger partial charge in [-0.05, 0) is 12.0 Å². The van der Waals surface area contributed by atoms with Crippen molar-refractivity contribution in [2.75, 3.05) is 19.6 Å². The van der Waals surface area contributed by atoms with Gasteiger partial charge < -0.3 is 10.6 Å². The quantitative estimate of drug-likeness (QED) is 0.270. The van der Waals surface area contributed by atoms with Crippen LogP contribution in [0.25, 0.3) is 10.4 Å². The van der Waals surface area contributed by atoms with E-state index in [0.717, 1.165) is 0 Å². The normalized spacial score (nSPS) is 8.64. The minimum absolute atomic E-state index is 0.0170. The second-order valence-electron chi connectivity index (χ2n) is 2.57. The molecule has 0 aliphatic carbocycles. The number of hydrogen-bond donors (Lipinski definition) is 2. The Morgan fingerprint density at radius 2 is 2.14 bits per heavy atom. The fourth-order valence-electron chi connectivity index (χ4n) is 0.690. The number of rotatable bonds is 6. The van der Waals surface area contributed by atoms with Gasteiger partial charge in [0.25, 0.3) is 0 Å². The summed E-state index contributed by atoms with van der Waals surface area (Å²) in [6.45, 7) is 2.13. The molecule has 0 rings (SSSR count). The summed E-state index contributed by atoms with van der Waals surface area (Å²) >= 11 is 0. The molecule has 78 valence electrons. The molecule has 0 fully saturated rings. The van der Waals surface area contributed by atoms with Crippen LogP contribution in [0.15, 0.2) is 5.11 Å². The van der Waals surface area contributed by atoms with Crippen LogP contribution in [0.5, 0.6) is 0 Å². The second kappa shape index (κ2) is 7.88. The molecule has 2 amide bonds. The Balaban J connectivity index is 3.35. The number of amides is 2. The van der Waals surface area contributed by atoms with E-state index in [9.17, 15) is 9.59 Å². The Bertz CT molecular complexity index is 246. The predicted molar refractivity (Wildman–Crippen MR) is 50.3 cm³/mol. The van der Waals surface area contributed by atoms with Gasteiger partial charge in [0.1, 0.15) is 0 Å². The fraction of sp³-hybridized carbons (Fsp3) is 0.714. The van der Waals surface area contributed by atoms with Gasteiger partial charge in [-0.2, -0.15) is 0 Å². The standard InChI is InChI=1S/C7H13N5O2/c1-6(13)10-5-7(14)9-3-2-4-11-12-8/h2-5H2,1H3,(H,9,14)(H,10,13). The summed E-state index contributed by atoms with van der Waals surface area (Å²) in [4.78, 5) is 23.9. The van der Waals surface area contributed by atoms with Crippen LogP contribution in [0.2, 0.25) is 0 Å². The summed E-state index contributed by atoms with van der Waals surface area (Å²) < 4.78 is 0. The number of hydrogen-bond acceptors (Lipinski definition) is 3. The second-order valence-corrected chi connectivity index (χ2v) is 2.57. The molecule has 0 radical (unpaired) electrons. The van der Waals surface area contributed by atoms with Gasteiger partial charge in [0.15, 0.2) is 0 Å². The van der Waals surface area contributed by atoms with Gasteiger partial charge in [0, 0.05) is 24.9 Å². The lowest BCUT2D eigenvalue weighted by molar-refractivity contribution is -0.125. The lowest BCUT2D eigenvalue weighted by atomic mass is 10.4. The van der Waals surface area contributed by atoms with Gasteiger partial charge in [-0.1, -0.05) is 5.11 Å². The van der Waals surface area contributed by atoms with Crippen molar-refractivity contribution in [3.63, 3.8) is 0 Å². The molecule has 0 aromatic rings. The van der Waals surface area contributed by atoms with Crippen molar-refractivity contribution in [1.29, 1.82) is 0 Å². The molecule has 0 aromatic carbocycles. The van der Waals surface area contributed by atoms with Crippen LogP contribution >= 0.6 is 0 Å². The zero-order valence-corrected chi connectivity index (χ0v) is 7.99. The van der Waals surface area contributed by atoms with E-state index in [-0.39, 0.29) is 18.4 Å². The SMILES string of the molecule is CC(=O)NCC(=O)NCCCN=[N+]=[N-]. The molecule has 0 heterocycles.